The maximum absolute atomic E-state index is 10.8. The molecule has 0 aliphatic carbocycles. The largest absolute Gasteiger partial charge is 0.354 e. The number of alkyl halides is 1. The van der Waals surface area contributed by atoms with E-state index in [2.05, 4.69) is 21.2 Å². The Morgan fingerprint density at radius 1 is 1.73 bits per heavy atom. The van der Waals surface area contributed by atoms with Gasteiger partial charge in [0.2, 0.25) is 5.91 Å². The highest BCUT2D eigenvalue weighted by Gasteiger charge is 2.15. The van der Waals surface area contributed by atoms with Crippen LogP contribution in [0.5, 0.6) is 0 Å². The van der Waals surface area contributed by atoms with Crippen LogP contribution >= 0.6 is 27.7 Å². The second kappa shape index (κ2) is 5.04. The Bertz CT molecular complexity index is 136. The average molecular weight is 238 g/mol. The second-order valence-corrected chi connectivity index (χ2v) is 4.54. The highest BCUT2D eigenvalue weighted by molar-refractivity contribution is 9.09. The molecule has 11 heavy (non-hydrogen) atoms. The molecule has 1 heterocycles. The zero-order valence-corrected chi connectivity index (χ0v) is 8.71. The lowest BCUT2D eigenvalue weighted by molar-refractivity contribution is -0.118. The molecule has 0 radical (unpaired) electrons. The van der Waals surface area contributed by atoms with Gasteiger partial charge in [0.15, 0.2) is 0 Å². The lowest BCUT2D eigenvalue weighted by atomic mass is 10.2. The molecule has 1 aliphatic heterocycles. The summed E-state index contributed by atoms with van der Waals surface area (Å²) < 4.78 is 0. The third-order valence-corrected chi connectivity index (χ3v) is 3.58. The molecular formula is C7H12BrNOS. The van der Waals surface area contributed by atoms with Gasteiger partial charge in [0.1, 0.15) is 0 Å². The Morgan fingerprint density at radius 2 is 2.55 bits per heavy atom. The molecule has 1 fully saturated rings. The van der Waals surface area contributed by atoms with Gasteiger partial charge in [-0.25, -0.2) is 0 Å². The standard InChI is InChI=1S/C7H12BrNOS/c8-4-7(10)9-5-6-2-1-3-11-6/h6H,1-5H2,(H,9,10). The van der Waals surface area contributed by atoms with Crippen LogP contribution in [0.3, 0.4) is 0 Å². The molecule has 2 nitrogen and oxygen atoms in total. The van der Waals surface area contributed by atoms with Crippen LogP contribution in [0.25, 0.3) is 0 Å². The number of rotatable bonds is 3. The van der Waals surface area contributed by atoms with Crippen molar-refractivity contribution < 1.29 is 4.79 Å². The first-order valence-electron chi connectivity index (χ1n) is 3.77. The smallest absolute Gasteiger partial charge is 0.230 e. The topological polar surface area (TPSA) is 29.1 Å². The highest BCUT2D eigenvalue weighted by Crippen LogP contribution is 2.25. The maximum Gasteiger partial charge on any atom is 0.230 e. The summed E-state index contributed by atoms with van der Waals surface area (Å²) in [6.07, 6.45) is 2.56. The molecule has 4 heteroatoms. The average Bonchev–Trinajstić information content (AvgIpc) is 2.52. The van der Waals surface area contributed by atoms with Crippen LogP contribution < -0.4 is 5.32 Å². The van der Waals surface area contributed by atoms with Crippen molar-refractivity contribution in [1.29, 1.82) is 0 Å². The number of nitrogens with one attached hydrogen (secondary N) is 1. The lowest BCUT2D eigenvalue weighted by Gasteiger charge is -2.08. The summed E-state index contributed by atoms with van der Waals surface area (Å²) in [5, 5.41) is 3.95. The van der Waals surface area contributed by atoms with E-state index < -0.39 is 0 Å². The summed E-state index contributed by atoms with van der Waals surface area (Å²) in [4.78, 5) is 10.8. The molecule has 1 rings (SSSR count). The van der Waals surface area contributed by atoms with Crippen molar-refractivity contribution in [3.05, 3.63) is 0 Å². The molecule has 1 atom stereocenters. The van der Waals surface area contributed by atoms with Crippen LogP contribution in [0, 0.1) is 0 Å². The van der Waals surface area contributed by atoms with Crippen LogP contribution in [0.1, 0.15) is 12.8 Å². The van der Waals surface area contributed by atoms with Gasteiger partial charge < -0.3 is 5.32 Å². The molecule has 1 saturated heterocycles. The molecule has 0 spiro atoms. The summed E-state index contributed by atoms with van der Waals surface area (Å²) in [5.74, 6) is 1.35. The van der Waals surface area contributed by atoms with Crippen molar-refractivity contribution in [3.63, 3.8) is 0 Å². The Morgan fingerprint density at radius 3 is 3.09 bits per heavy atom. The van der Waals surface area contributed by atoms with Gasteiger partial charge in [0, 0.05) is 11.8 Å². The summed E-state index contributed by atoms with van der Waals surface area (Å²) in [6, 6.07) is 0. The van der Waals surface area contributed by atoms with Crippen molar-refractivity contribution in [2.75, 3.05) is 17.6 Å². The minimum Gasteiger partial charge on any atom is -0.354 e. The first kappa shape index (κ1) is 9.39. The Kier molecular flexibility index (Phi) is 4.30. The van der Waals surface area contributed by atoms with Crippen molar-refractivity contribution in [2.45, 2.75) is 18.1 Å². The molecule has 0 aromatic carbocycles. The van der Waals surface area contributed by atoms with E-state index in [0.717, 1.165) is 6.54 Å². The first-order chi connectivity index (χ1) is 5.33. The Labute approximate surface area is 79.6 Å². The summed E-state index contributed by atoms with van der Waals surface area (Å²) >= 11 is 5.07. The zero-order valence-electron chi connectivity index (χ0n) is 6.31. The molecule has 0 aromatic rings. The molecule has 64 valence electrons. The summed E-state index contributed by atoms with van der Waals surface area (Å²) in [5.41, 5.74) is 0. The summed E-state index contributed by atoms with van der Waals surface area (Å²) in [6.45, 7) is 0.842. The van der Waals surface area contributed by atoms with E-state index >= 15 is 0 Å². The number of halogens is 1. The second-order valence-electron chi connectivity index (χ2n) is 2.57. The predicted octanol–water partition coefficient (Wildman–Crippen LogP) is 1.39. The van der Waals surface area contributed by atoms with Gasteiger partial charge in [-0.15, -0.1) is 0 Å². The normalized spacial score (nSPS) is 23.5. The van der Waals surface area contributed by atoms with E-state index in [4.69, 9.17) is 0 Å². The monoisotopic (exact) mass is 237 g/mol. The van der Waals surface area contributed by atoms with E-state index in [-0.39, 0.29) is 5.91 Å². The lowest BCUT2D eigenvalue weighted by Crippen LogP contribution is -2.30. The van der Waals surface area contributed by atoms with Crippen LogP contribution in [0.4, 0.5) is 0 Å². The minimum absolute atomic E-state index is 0.0949. The van der Waals surface area contributed by atoms with Crippen molar-refractivity contribution in [3.8, 4) is 0 Å². The SMILES string of the molecule is O=C(CBr)NCC1CCCS1. The molecule has 0 aromatic heterocycles. The molecule has 0 saturated carbocycles. The fourth-order valence-corrected chi connectivity index (χ4v) is 2.48. The zero-order chi connectivity index (χ0) is 8.10. The van der Waals surface area contributed by atoms with Crippen molar-refractivity contribution in [1.82, 2.24) is 5.32 Å². The quantitative estimate of drug-likeness (QED) is 0.753. The van der Waals surface area contributed by atoms with Crippen molar-refractivity contribution in [2.24, 2.45) is 0 Å². The van der Waals surface area contributed by atoms with Gasteiger partial charge in [0.05, 0.1) is 5.33 Å². The minimum atomic E-state index is 0.0949. The first-order valence-corrected chi connectivity index (χ1v) is 5.94. The number of amides is 1. The molecule has 1 unspecified atom stereocenters. The maximum atomic E-state index is 10.8. The van der Waals surface area contributed by atoms with Gasteiger partial charge in [0.25, 0.3) is 0 Å². The number of hydrogen-bond acceptors (Lipinski definition) is 2. The fraction of sp³-hybridized carbons (Fsp3) is 0.857. The molecule has 1 aliphatic rings. The Balaban J connectivity index is 2.06. The van der Waals surface area contributed by atoms with Gasteiger partial charge in [-0.05, 0) is 18.6 Å². The van der Waals surface area contributed by atoms with Crippen LogP contribution in [0.2, 0.25) is 0 Å². The molecular weight excluding hydrogens is 226 g/mol. The molecule has 1 N–H and O–H groups in total. The predicted molar refractivity (Wildman–Crippen MR) is 52.3 cm³/mol. The van der Waals surface area contributed by atoms with E-state index in [1.165, 1.54) is 18.6 Å². The van der Waals surface area contributed by atoms with Crippen molar-refractivity contribution >= 4 is 33.6 Å². The number of hydrogen-bond donors (Lipinski definition) is 1. The van der Waals surface area contributed by atoms with Gasteiger partial charge in [-0.1, -0.05) is 15.9 Å². The van der Waals surface area contributed by atoms with Crippen LogP contribution in [-0.2, 0) is 4.79 Å². The van der Waals surface area contributed by atoms with Crippen LogP contribution in [0.15, 0.2) is 0 Å². The van der Waals surface area contributed by atoms with Gasteiger partial charge in [-0.2, -0.15) is 11.8 Å². The van der Waals surface area contributed by atoms with E-state index in [1.54, 1.807) is 0 Å². The highest BCUT2D eigenvalue weighted by atomic mass is 79.9. The fourth-order valence-electron chi connectivity index (χ4n) is 1.08. The Hall–Kier alpha value is 0.300. The van der Waals surface area contributed by atoms with Gasteiger partial charge >= 0.3 is 0 Å². The third kappa shape index (κ3) is 3.47. The third-order valence-electron chi connectivity index (χ3n) is 1.67. The van der Waals surface area contributed by atoms with E-state index in [1.807, 2.05) is 11.8 Å². The molecule has 0 bridgehead atoms. The number of carbonyl (C=O) groups excluding carboxylic acids is 1. The van der Waals surface area contributed by atoms with Crippen LogP contribution in [-0.4, -0.2) is 28.8 Å². The van der Waals surface area contributed by atoms with E-state index in [9.17, 15) is 4.79 Å². The van der Waals surface area contributed by atoms with Gasteiger partial charge in [-0.3, -0.25) is 4.79 Å². The number of thioether (sulfide) groups is 1. The number of carbonyl (C=O) groups is 1. The molecule has 1 amide bonds. The van der Waals surface area contributed by atoms with E-state index in [0.29, 0.717) is 10.6 Å². The summed E-state index contributed by atoms with van der Waals surface area (Å²) in [7, 11) is 0.